The van der Waals surface area contributed by atoms with E-state index in [1.165, 1.54) is 69.9 Å². The third kappa shape index (κ3) is 10.3. The molecular formula is C24H36N2S. The van der Waals surface area contributed by atoms with Crippen LogP contribution in [0.5, 0.6) is 0 Å². The lowest BCUT2D eigenvalue weighted by Gasteiger charge is -2.09. The fourth-order valence-electron chi connectivity index (χ4n) is 3.24. The van der Waals surface area contributed by atoms with Crippen LogP contribution in [0.25, 0.3) is 0 Å². The monoisotopic (exact) mass is 384 g/mol. The predicted octanol–water partition coefficient (Wildman–Crippen LogP) is 7.67. The van der Waals surface area contributed by atoms with Crippen molar-refractivity contribution in [2.45, 2.75) is 64.2 Å². The molecule has 2 nitrogen and oxygen atoms in total. The highest BCUT2D eigenvalue weighted by atomic mass is 32.1. The van der Waals surface area contributed by atoms with Crippen LogP contribution in [0.15, 0.2) is 54.6 Å². The molecule has 0 heterocycles. The van der Waals surface area contributed by atoms with E-state index in [9.17, 15) is 0 Å². The van der Waals surface area contributed by atoms with Crippen LogP contribution in [0.4, 0.5) is 17.1 Å². The average Bonchev–Trinajstić information content (AvgIpc) is 2.71. The van der Waals surface area contributed by atoms with Gasteiger partial charge in [-0.15, -0.1) is 0 Å². The van der Waals surface area contributed by atoms with Crippen molar-refractivity contribution in [1.29, 1.82) is 0 Å². The Morgan fingerprint density at radius 1 is 0.519 bits per heavy atom. The van der Waals surface area contributed by atoms with Crippen molar-refractivity contribution in [3.05, 3.63) is 54.6 Å². The summed E-state index contributed by atoms with van der Waals surface area (Å²) in [4.78, 5) is 0. The van der Waals surface area contributed by atoms with Gasteiger partial charge < -0.3 is 10.6 Å². The molecule has 0 aliphatic carbocycles. The second kappa shape index (κ2) is 14.4. The summed E-state index contributed by atoms with van der Waals surface area (Å²) >= 11 is 4.26. The Morgan fingerprint density at radius 2 is 1.00 bits per heavy atom. The fraction of sp³-hybridized carbons (Fsp3) is 0.500. The highest BCUT2D eigenvalue weighted by Gasteiger charge is 1.96. The first-order valence-electron chi connectivity index (χ1n) is 10.7. The van der Waals surface area contributed by atoms with Crippen LogP contribution < -0.4 is 10.6 Å². The quantitative estimate of drug-likeness (QED) is 0.217. The summed E-state index contributed by atoms with van der Waals surface area (Å²) in [5, 5.41) is 6.95. The van der Waals surface area contributed by atoms with E-state index in [4.69, 9.17) is 0 Å². The molecule has 2 N–H and O–H groups in total. The normalized spacial score (nSPS) is 10.7. The van der Waals surface area contributed by atoms with Gasteiger partial charge in [-0.2, -0.15) is 12.6 Å². The highest BCUT2D eigenvalue weighted by molar-refractivity contribution is 7.80. The van der Waals surface area contributed by atoms with E-state index in [0.29, 0.717) is 0 Å². The zero-order valence-electron chi connectivity index (χ0n) is 16.6. The van der Waals surface area contributed by atoms with Gasteiger partial charge in [0.1, 0.15) is 0 Å². The minimum absolute atomic E-state index is 1.04. The summed E-state index contributed by atoms with van der Waals surface area (Å²) in [5.41, 5.74) is 3.45. The zero-order valence-corrected chi connectivity index (χ0v) is 17.5. The second-order valence-electron chi connectivity index (χ2n) is 7.25. The molecule has 0 spiro atoms. The molecule has 0 amide bonds. The number of thiol groups is 1. The maximum atomic E-state index is 4.26. The summed E-state index contributed by atoms with van der Waals surface area (Å²) in [5.74, 6) is 1.04. The van der Waals surface area contributed by atoms with Crippen molar-refractivity contribution in [2.24, 2.45) is 0 Å². The van der Waals surface area contributed by atoms with Crippen LogP contribution in [-0.4, -0.2) is 12.3 Å². The molecule has 0 aromatic heterocycles. The number of unbranched alkanes of at least 4 members (excludes halogenated alkanes) is 9. The lowest BCUT2D eigenvalue weighted by atomic mass is 10.1. The molecule has 27 heavy (non-hydrogen) atoms. The fourth-order valence-corrected chi connectivity index (χ4v) is 3.47. The van der Waals surface area contributed by atoms with Gasteiger partial charge in [-0.25, -0.2) is 0 Å². The number of benzene rings is 2. The lowest BCUT2D eigenvalue weighted by molar-refractivity contribution is 0.560. The van der Waals surface area contributed by atoms with Gasteiger partial charge >= 0.3 is 0 Å². The molecule has 0 atom stereocenters. The summed E-state index contributed by atoms with van der Waals surface area (Å²) in [6.07, 6.45) is 13.6. The molecule has 148 valence electrons. The predicted molar refractivity (Wildman–Crippen MR) is 125 cm³/mol. The van der Waals surface area contributed by atoms with Crippen molar-refractivity contribution in [3.8, 4) is 0 Å². The molecule has 2 aromatic rings. The molecule has 0 saturated heterocycles. The highest BCUT2D eigenvalue weighted by Crippen LogP contribution is 2.18. The average molecular weight is 385 g/mol. The number of hydrogen-bond donors (Lipinski definition) is 3. The topological polar surface area (TPSA) is 24.1 Å². The van der Waals surface area contributed by atoms with Crippen molar-refractivity contribution >= 4 is 29.7 Å². The first kappa shape index (κ1) is 21.7. The third-order valence-electron chi connectivity index (χ3n) is 4.86. The SMILES string of the molecule is SCCCCCCCCCCCCNc1ccc(Nc2ccccc2)cc1. The molecule has 0 saturated carbocycles. The molecule has 0 aliphatic heterocycles. The Balaban J connectivity index is 1.46. The van der Waals surface area contributed by atoms with Crippen molar-refractivity contribution in [3.63, 3.8) is 0 Å². The number of para-hydroxylation sites is 1. The van der Waals surface area contributed by atoms with Gasteiger partial charge in [0, 0.05) is 23.6 Å². The van der Waals surface area contributed by atoms with Crippen LogP contribution in [0.1, 0.15) is 64.2 Å². The van der Waals surface area contributed by atoms with Gasteiger partial charge in [-0.1, -0.05) is 69.6 Å². The molecule has 0 aliphatic rings. The number of rotatable bonds is 15. The smallest absolute Gasteiger partial charge is 0.0385 e. The van der Waals surface area contributed by atoms with Crippen LogP contribution in [0.3, 0.4) is 0 Å². The van der Waals surface area contributed by atoms with Crippen molar-refractivity contribution in [1.82, 2.24) is 0 Å². The maximum absolute atomic E-state index is 4.26. The van der Waals surface area contributed by atoms with Gasteiger partial charge in [0.05, 0.1) is 0 Å². The second-order valence-corrected chi connectivity index (χ2v) is 7.70. The van der Waals surface area contributed by atoms with Gasteiger partial charge in [-0.3, -0.25) is 0 Å². The van der Waals surface area contributed by atoms with E-state index < -0.39 is 0 Å². The van der Waals surface area contributed by atoms with Crippen LogP contribution >= 0.6 is 12.6 Å². The first-order valence-corrected chi connectivity index (χ1v) is 11.3. The summed E-state index contributed by atoms with van der Waals surface area (Å²) in [7, 11) is 0. The van der Waals surface area contributed by atoms with Crippen molar-refractivity contribution < 1.29 is 0 Å². The van der Waals surface area contributed by atoms with Crippen LogP contribution in [-0.2, 0) is 0 Å². The first-order chi connectivity index (χ1) is 13.4. The summed E-state index contributed by atoms with van der Waals surface area (Å²) in [6, 6.07) is 18.8. The molecule has 0 bridgehead atoms. The van der Waals surface area contributed by atoms with E-state index >= 15 is 0 Å². The Morgan fingerprint density at radius 3 is 1.59 bits per heavy atom. The summed E-state index contributed by atoms with van der Waals surface area (Å²) < 4.78 is 0. The standard InChI is InChI=1S/C24H36N2S/c27-21-13-8-6-4-2-1-3-5-7-12-20-25-22-16-18-24(19-17-22)26-23-14-10-9-11-15-23/h9-11,14-19,25-27H,1-8,12-13,20-21H2. The molecule has 2 rings (SSSR count). The largest absolute Gasteiger partial charge is 0.385 e. The molecule has 0 fully saturated rings. The van der Waals surface area contributed by atoms with Gasteiger partial charge in [0.25, 0.3) is 0 Å². The zero-order chi connectivity index (χ0) is 19.0. The van der Waals surface area contributed by atoms with E-state index in [-0.39, 0.29) is 0 Å². The summed E-state index contributed by atoms with van der Waals surface area (Å²) in [6.45, 7) is 1.06. The van der Waals surface area contributed by atoms with E-state index in [1.54, 1.807) is 0 Å². The Bertz CT molecular complexity index is 583. The van der Waals surface area contributed by atoms with Crippen molar-refractivity contribution in [2.75, 3.05) is 22.9 Å². The molecular weight excluding hydrogens is 348 g/mol. The molecule has 0 radical (unpaired) electrons. The number of hydrogen-bond acceptors (Lipinski definition) is 3. The number of anilines is 3. The molecule has 2 aromatic carbocycles. The van der Waals surface area contributed by atoms with Crippen LogP contribution in [0, 0.1) is 0 Å². The molecule has 3 heteroatoms. The minimum Gasteiger partial charge on any atom is -0.385 e. The van der Waals surface area contributed by atoms with E-state index in [0.717, 1.165) is 23.7 Å². The van der Waals surface area contributed by atoms with E-state index in [2.05, 4.69) is 59.7 Å². The Labute approximate surface area is 171 Å². The van der Waals surface area contributed by atoms with E-state index in [1.807, 2.05) is 18.2 Å². The minimum atomic E-state index is 1.04. The maximum Gasteiger partial charge on any atom is 0.0385 e. The van der Waals surface area contributed by atoms with Gasteiger partial charge in [0.15, 0.2) is 0 Å². The molecule has 0 unspecified atom stereocenters. The Kier molecular flexibility index (Phi) is 11.6. The third-order valence-corrected chi connectivity index (χ3v) is 5.18. The van der Waals surface area contributed by atoms with Crippen LogP contribution in [0.2, 0.25) is 0 Å². The van der Waals surface area contributed by atoms with Gasteiger partial charge in [0.2, 0.25) is 0 Å². The number of nitrogens with one attached hydrogen (secondary N) is 2. The van der Waals surface area contributed by atoms with Gasteiger partial charge in [-0.05, 0) is 55.0 Å². The lowest BCUT2D eigenvalue weighted by Crippen LogP contribution is -2.01. The Hall–Kier alpha value is -1.61.